The number of carbonyl (C=O) groups excluding carboxylic acids is 1. The molecule has 1 saturated heterocycles. The standard InChI is InChI=1S/C16H28N2O3/c1-17(14-6-2-3-7-14)12-15(19)18-10-4-5-13(11-18)8-9-16(20)21/h13-14H,2-12H2,1H3,(H,20,21)/t13-/m1/s1. The van der Waals surface area contributed by atoms with E-state index in [0.717, 1.165) is 25.9 Å². The molecule has 5 nitrogen and oxygen atoms in total. The number of carbonyl (C=O) groups is 2. The van der Waals surface area contributed by atoms with Crippen molar-refractivity contribution in [3.63, 3.8) is 0 Å². The number of piperidine rings is 1. The third-order valence-electron chi connectivity index (χ3n) is 4.97. The summed E-state index contributed by atoms with van der Waals surface area (Å²) in [4.78, 5) is 27.2. The van der Waals surface area contributed by atoms with Gasteiger partial charge < -0.3 is 10.0 Å². The van der Waals surface area contributed by atoms with Gasteiger partial charge in [-0.15, -0.1) is 0 Å². The SMILES string of the molecule is CN(CC(=O)N1CCC[C@H](CCC(=O)O)C1)C1CCCC1. The van der Waals surface area contributed by atoms with Gasteiger partial charge in [0.1, 0.15) is 0 Å². The highest BCUT2D eigenvalue weighted by molar-refractivity contribution is 5.78. The lowest BCUT2D eigenvalue weighted by Gasteiger charge is -2.34. The van der Waals surface area contributed by atoms with E-state index in [2.05, 4.69) is 11.9 Å². The van der Waals surface area contributed by atoms with Gasteiger partial charge in [-0.1, -0.05) is 12.8 Å². The molecule has 1 atom stereocenters. The highest BCUT2D eigenvalue weighted by Crippen LogP contribution is 2.24. The monoisotopic (exact) mass is 296 g/mol. The van der Waals surface area contributed by atoms with E-state index in [0.29, 0.717) is 24.9 Å². The van der Waals surface area contributed by atoms with E-state index in [-0.39, 0.29) is 12.3 Å². The topological polar surface area (TPSA) is 60.9 Å². The van der Waals surface area contributed by atoms with E-state index in [9.17, 15) is 9.59 Å². The molecule has 5 heteroatoms. The quantitative estimate of drug-likeness (QED) is 0.814. The highest BCUT2D eigenvalue weighted by atomic mass is 16.4. The van der Waals surface area contributed by atoms with Gasteiger partial charge in [0.15, 0.2) is 0 Å². The van der Waals surface area contributed by atoms with Crippen LogP contribution >= 0.6 is 0 Å². The maximum absolute atomic E-state index is 12.4. The van der Waals surface area contributed by atoms with E-state index >= 15 is 0 Å². The Balaban J connectivity index is 1.76. The van der Waals surface area contributed by atoms with Crippen LogP contribution in [-0.2, 0) is 9.59 Å². The maximum Gasteiger partial charge on any atom is 0.303 e. The van der Waals surface area contributed by atoms with Crippen LogP contribution in [0.4, 0.5) is 0 Å². The summed E-state index contributed by atoms with van der Waals surface area (Å²) in [5, 5.41) is 8.77. The molecule has 2 aliphatic rings. The number of hydrogen-bond donors (Lipinski definition) is 1. The van der Waals surface area contributed by atoms with Gasteiger partial charge in [-0.25, -0.2) is 0 Å². The van der Waals surface area contributed by atoms with Crippen LogP contribution in [-0.4, -0.2) is 59.5 Å². The van der Waals surface area contributed by atoms with Crippen molar-refractivity contribution in [2.24, 2.45) is 5.92 Å². The first kappa shape index (κ1) is 16.3. The van der Waals surface area contributed by atoms with Crippen LogP contribution < -0.4 is 0 Å². The second kappa shape index (κ2) is 7.78. The van der Waals surface area contributed by atoms with Gasteiger partial charge in [0.2, 0.25) is 5.91 Å². The lowest BCUT2D eigenvalue weighted by Crippen LogP contribution is -2.46. The molecule has 1 amide bonds. The van der Waals surface area contributed by atoms with Crippen molar-refractivity contribution in [3.05, 3.63) is 0 Å². The molecular formula is C16H28N2O3. The minimum Gasteiger partial charge on any atom is -0.481 e. The van der Waals surface area contributed by atoms with Crippen molar-refractivity contribution in [1.29, 1.82) is 0 Å². The molecule has 0 aromatic heterocycles. The van der Waals surface area contributed by atoms with Gasteiger partial charge in [0, 0.05) is 25.6 Å². The van der Waals surface area contributed by atoms with Crippen LogP contribution in [0.2, 0.25) is 0 Å². The van der Waals surface area contributed by atoms with E-state index in [1.165, 1.54) is 25.7 Å². The Labute approximate surface area is 127 Å². The Bertz CT molecular complexity index is 367. The lowest BCUT2D eigenvalue weighted by atomic mass is 9.93. The molecule has 0 bridgehead atoms. The van der Waals surface area contributed by atoms with Crippen LogP contribution in [0.25, 0.3) is 0 Å². The summed E-state index contributed by atoms with van der Waals surface area (Å²) in [7, 11) is 2.06. The van der Waals surface area contributed by atoms with E-state index in [1.54, 1.807) is 0 Å². The van der Waals surface area contributed by atoms with Gasteiger partial charge in [-0.3, -0.25) is 14.5 Å². The first-order valence-electron chi connectivity index (χ1n) is 8.26. The second-order valence-electron chi connectivity index (χ2n) is 6.63. The Morgan fingerprint density at radius 1 is 1.19 bits per heavy atom. The number of aliphatic carboxylic acids is 1. The number of rotatable bonds is 6. The largest absolute Gasteiger partial charge is 0.481 e. The molecule has 2 rings (SSSR count). The molecule has 1 N–H and O–H groups in total. The van der Waals surface area contributed by atoms with Crippen LogP contribution in [0, 0.1) is 5.92 Å². The number of carboxylic acid groups (broad SMARTS) is 1. The molecule has 0 radical (unpaired) electrons. The number of likely N-dealkylation sites (N-methyl/N-ethyl adjacent to an activating group) is 1. The molecule has 21 heavy (non-hydrogen) atoms. The smallest absolute Gasteiger partial charge is 0.303 e. The van der Waals surface area contributed by atoms with Crippen molar-refractivity contribution in [3.8, 4) is 0 Å². The minimum atomic E-state index is -0.737. The van der Waals surface area contributed by atoms with Crippen LogP contribution in [0.5, 0.6) is 0 Å². The van der Waals surface area contributed by atoms with Crippen LogP contribution in [0.1, 0.15) is 51.4 Å². The van der Waals surface area contributed by atoms with Crippen LogP contribution in [0.3, 0.4) is 0 Å². The molecule has 1 saturated carbocycles. The fourth-order valence-electron chi connectivity index (χ4n) is 3.64. The number of hydrogen-bond acceptors (Lipinski definition) is 3. The molecule has 0 spiro atoms. The molecule has 1 aliphatic heterocycles. The molecule has 0 aromatic rings. The normalized spacial score (nSPS) is 23.7. The number of amides is 1. The molecular weight excluding hydrogens is 268 g/mol. The minimum absolute atomic E-state index is 0.212. The lowest BCUT2D eigenvalue weighted by molar-refractivity contribution is -0.137. The highest BCUT2D eigenvalue weighted by Gasteiger charge is 2.27. The zero-order valence-corrected chi connectivity index (χ0v) is 13.1. The zero-order valence-electron chi connectivity index (χ0n) is 13.1. The summed E-state index contributed by atoms with van der Waals surface area (Å²) in [6.07, 6.45) is 7.95. The van der Waals surface area contributed by atoms with Crippen molar-refractivity contribution in [1.82, 2.24) is 9.80 Å². The zero-order chi connectivity index (χ0) is 15.2. The van der Waals surface area contributed by atoms with Gasteiger partial charge >= 0.3 is 5.97 Å². The molecule has 0 aromatic carbocycles. The molecule has 1 aliphatic carbocycles. The van der Waals surface area contributed by atoms with E-state index in [4.69, 9.17) is 5.11 Å². The van der Waals surface area contributed by atoms with Crippen LogP contribution in [0.15, 0.2) is 0 Å². The molecule has 2 fully saturated rings. The average Bonchev–Trinajstić information content (AvgIpc) is 2.99. The Kier molecular flexibility index (Phi) is 6.03. The second-order valence-corrected chi connectivity index (χ2v) is 6.63. The third-order valence-corrected chi connectivity index (χ3v) is 4.97. The van der Waals surface area contributed by atoms with Crippen molar-refractivity contribution in [2.75, 3.05) is 26.7 Å². The number of carboxylic acids is 1. The fraction of sp³-hybridized carbons (Fsp3) is 0.875. The number of likely N-dealkylation sites (tertiary alicyclic amines) is 1. The maximum atomic E-state index is 12.4. The van der Waals surface area contributed by atoms with Crippen molar-refractivity contribution < 1.29 is 14.7 Å². The predicted octanol–water partition coefficient (Wildman–Crippen LogP) is 1.96. The van der Waals surface area contributed by atoms with E-state index in [1.807, 2.05) is 4.90 Å². The van der Waals surface area contributed by atoms with E-state index < -0.39 is 5.97 Å². The Hall–Kier alpha value is -1.10. The summed E-state index contributed by atoms with van der Waals surface area (Å²) >= 11 is 0. The summed E-state index contributed by atoms with van der Waals surface area (Å²) < 4.78 is 0. The van der Waals surface area contributed by atoms with Gasteiger partial charge in [-0.05, 0) is 45.1 Å². The first-order valence-corrected chi connectivity index (χ1v) is 8.26. The van der Waals surface area contributed by atoms with Crippen molar-refractivity contribution >= 4 is 11.9 Å². The van der Waals surface area contributed by atoms with Crippen molar-refractivity contribution in [2.45, 2.75) is 57.4 Å². The predicted molar refractivity (Wildman–Crippen MR) is 81.1 cm³/mol. The molecule has 120 valence electrons. The molecule has 1 heterocycles. The Morgan fingerprint density at radius 2 is 1.90 bits per heavy atom. The molecule has 0 unspecified atom stereocenters. The summed E-state index contributed by atoms with van der Waals surface area (Å²) in [5.74, 6) is -0.167. The summed E-state index contributed by atoms with van der Waals surface area (Å²) in [6, 6.07) is 0.571. The fourth-order valence-corrected chi connectivity index (χ4v) is 3.64. The van der Waals surface area contributed by atoms with Gasteiger partial charge in [0.05, 0.1) is 6.54 Å². The third kappa shape index (κ3) is 4.99. The summed E-state index contributed by atoms with van der Waals surface area (Å²) in [5.41, 5.74) is 0. The Morgan fingerprint density at radius 3 is 2.57 bits per heavy atom. The average molecular weight is 296 g/mol. The summed E-state index contributed by atoms with van der Waals surface area (Å²) in [6.45, 7) is 2.09. The first-order chi connectivity index (χ1) is 10.1. The van der Waals surface area contributed by atoms with Gasteiger partial charge in [0.25, 0.3) is 0 Å². The number of nitrogens with zero attached hydrogens (tertiary/aromatic N) is 2. The van der Waals surface area contributed by atoms with Gasteiger partial charge in [-0.2, -0.15) is 0 Å².